The predicted octanol–water partition coefficient (Wildman–Crippen LogP) is 1.07. The number of nitrogens with zero attached hydrogens (tertiary/aromatic N) is 1. The summed E-state index contributed by atoms with van der Waals surface area (Å²) in [5.74, 6) is 0.309. The van der Waals surface area contributed by atoms with E-state index in [1.54, 1.807) is 45.0 Å². The molecule has 0 bridgehead atoms. The normalized spacial score (nSPS) is 12.6. The Balaban J connectivity index is 2.62. The summed E-state index contributed by atoms with van der Waals surface area (Å²) in [5.41, 5.74) is 5.12. The number of hydrogen-bond acceptors (Lipinski definition) is 5. The average Bonchev–Trinajstić information content (AvgIpc) is 2.37. The van der Waals surface area contributed by atoms with E-state index in [1.807, 2.05) is 0 Å². The molecule has 0 aliphatic rings. The monoisotopic (exact) mass is 316 g/mol. The molecular formula is C14H24N2O4S. The number of para-hydroxylation sites is 2. The highest BCUT2D eigenvalue weighted by Gasteiger charge is 2.26. The van der Waals surface area contributed by atoms with Crippen molar-refractivity contribution < 1.29 is 18.3 Å². The van der Waals surface area contributed by atoms with Gasteiger partial charge in [-0.1, -0.05) is 19.1 Å². The van der Waals surface area contributed by atoms with Crippen LogP contribution in [0.25, 0.3) is 0 Å². The number of nitrogen functional groups attached to an aromatic ring is 1. The SMILES string of the molecule is CCN(CC(C)(C)O)S(=O)(=O)CCOc1ccccc1N. The number of hydrogen-bond donors (Lipinski definition) is 2. The minimum Gasteiger partial charge on any atom is -0.490 e. The van der Waals surface area contributed by atoms with Gasteiger partial charge in [0.15, 0.2) is 0 Å². The summed E-state index contributed by atoms with van der Waals surface area (Å²) in [4.78, 5) is 0. The highest BCUT2D eigenvalue weighted by atomic mass is 32.2. The third-order valence-corrected chi connectivity index (χ3v) is 4.68. The molecule has 1 aromatic carbocycles. The molecule has 1 aromatic rings. The van der Waals surface area contributed by atoms with Crippen LogP contribution < -0.4 is 10.5 Å². The minimum atomic E-state index is -3.48. The van der Waals surface area contributed by atoms with E-state index in [2.05, 4.69) is 0 Å². The topological polar surface area (TPSA) is 92.9 Å². The highest BCUT2D eigenvalue weighted by Crippen LogP contribution is 2.19. The third kappa shape index (κ3) is 5.91. The minimum absolute atomic E-state index is 0.0128. The molecule has 0 aliphatic heterocycles. The van der Waals surface area contributed by atoms with Gasteiger partial charge in [0.25, 0.3) is 0 Å². The van der Waals surface area contributed by atoms with Gasteiger partial charge in [0.2, 0.25) is 10.0 Å². The van der Waals surface area contributed by atoms with Gasteiger partial charge in [-0.25, -0.2) is 8.42 Å². The van der Waals surface area contributed by atoms with Crippen molar-refractivity contribution in [2.45, 2.75) is 26.4 Å². The molecule has 21 heavy (non-hydrogen) atoms. The molecule has 0 spiro atoms. The number of benzene rings is 1. The smallest absolute Gasteiger partial charge is 0.217 e. The second-order valence-electron chi connectivity index (χ2n) is 5.44. The zero-order valence-corrected chi connectivity index (χ0v) is 13.6. The number of aliphatic hydroxyl groups is 1. The van der Waals surface area contributed by atoms with Gasteiger partial charge in [-0.2, -0.15) is 4.31 Å². The first-order valence-electron chi connectivity index (χ1n) is 6.83. The Morgan fingerprint density at radius 3 is 2.48 bits per heavy atom. The second-order valence-corrected chi connectivity index (χ2v) is 7.53. The average molecular weight is 316 g/mol. The van der Waals surface area contributed by atoms with E-state index in [9.17, 15) is 13.5 Å². The zero-order chi connectivity index (χ0) is 16.1. The molecule has 0 radical (unpaired) electrons. The summed E-state index contributed by atoms with van der Waals surface area (Å²) in [6.07, 6.45) is 0. The van der Waals surface area contributed by atoms with Gasteiger partial charge in [-0.3, -0.25) is 0 Å². The number of sulfonamides is 1. The number of anilines is 1. The molecule has 0 fully saturated rings. The number of likely N-dealkylation sites (N-methyl/N-ethyl adjacent to an activating group) is 1. The standard InChI is InChI=1S/C14H24N2O4S/c1-4-16(11-14(2,3)17)21(18,19)10-9-20-13-8-6-5-7-12(13)15/h5-8,17H,4,9-11,15H2,1-3H3. The van der Waals surface area contributed by atoms with Gasteiger partial charge in [0.05, 0.1) is 17.0 Å². The van der Waals surface area contributed by atoms with Crippen LogP contribution in [-0.2, 0) is 10.0 Å². The van der Waals surface area contributed by atoms with E-state index < -0.39 is 15.6 Å². The molecular weight excluding hydrogens is 292 g/mol. The van der Waals surface area contributed by atoms with Crippen molar-refractivity contribution in [3.63, 3.8) is 0 Å². The number of ether oxygens (including phenoxy) is 1. The van der Waals surface area contributed by atoms with Gasteiger partial charge < -0.3 is 15.6 Å². The summed E-state index contributed by atoms with van der Waals surface area (Å²) >= 11 is 0. The first kappa shape index (κ1) is 17.7. The fourth-order valence-corrected chi connectivity index (χ4v) is 3.29. The van der Waals surface area contributed by atoms with Crippen molar-refractivity contribution >= 4 is 15.7 Å². The van der Waals surface area contributed by atoms with Crippen molar-refractivity contribution in [1.82, 2.24) is 4.31 Å². The predicted molar refractivity (Wildman–Crippen MR) is 83.7 cm³/mol. The molecule has 7 heteroatoms. The number of rotatable bonds is 8. The van der Waals surface area contributed by atoms with Crippen molar-refractivity contribution in [3.8, 4) is 5.75 Å². The van der Waals surface area contributed by atoms with E-state index >= 15 is 0 Å². The van der Waals surface area contributed by atoms with Crippen LogP contribution in [0.1, 0.15) is 20.8 Å². The van der Waals surface area contributed by atoms with E-state index in [0.29, 0.717) is 18.0 Å². The van der Waals surface area contributed by atoms with Gasteiger partial charge in [-0.05, 0) is 26.0 Å². The fraction of sp³-hybridized carbons (Fsp3) is 0.571. The summed E-state index contributed by atoms with van der Waals surface area (Å²) in [6, 6.07) is 6.93. The van der Waals surface area contributed by atoms with Gasteiger partial charge in [-0.15, -0.1) is 0 Å². The fourth-order valence-electron chi connectivity index (χ4n) is 1.84. The van der Waals surface area contributed by atoms with E-state index in [4.69, 9.17) is 10.5 Å². The van der Waals surface area contributed by atoms with E-state index in [1.165, 1.54) is 4.31 Å². The van der Waals surface area contributed by atoms with Crippen molar-refractivity contribution in [1.29, 1.82) is 0 Å². The maximum atomic E-state index is 12.2. The first-order valence-corrected chi connectivity index (χ1v) is 8.44. The summed E-state index contributed by atoms with van der Waals surface area (Å²) in [6.45, 7) is 5.26. The summed E-state index contributed by atoms with van der Waals surface area (Å²) < 4.78 is 31.1. The summed E-state index contributed by atoms with van der Waals surface area (Å²) in [5, 5.41) is 9.77. The Hall–Kier alpha value is -1.31. The lowest BCUT2D eigenvalue weighted by atomic mass is 10.1. The van der Waals surface area contributed by atoms with Crippen LogP contribution in [0.2, 0.25) is 0 Å². The van der Waals surface area contributed by atoms with Crippen LogP contribution in [0.3, 0.4) is 0 Å². The van der Waals surface area contributed by atoms with Crippen LogP contribution >= 0.6 is 0 Å². The van der Waals surface area contributed by atoms with Crippen LogP contribution in [-0.4, -0.2) is 48.9 Å². The first-order chi connectivity index (χ1) is 9.65. The molecule has 0 aliphatic carbocycles. The molecule has 0 saturated carbocycles. The maximum absolute atomic E-state index is 12.2. The summed E-state index contributed by atoms with van der Waals surface area (Å²) in [7, 11) is -3.48. The largest absolute Gasteiger partial charge is 0.490 e. The molecule has 0 atom stereocenters. The van der Waals surface area contributed by atoms with Crippen molar-refractivity contribution in [2.24, 2.45) is 0 Å². The second kappa shape index (κ2) is 7.11. The Morgan fingerprint density at radius 1 is 1.33 bits per heavy atom. The molecule has 0 heterocycles. The molecule has 1 rings (SSSR count). The van der Waals surface area contributed by atoms with Crippen LogP contribution in [0.4, 0.5) is 5.69 Å². The van der Waals surface area contributed by atoms with Gasteiger partial charge in [0.1, 0.15) is 12.4 Å². The van der Waals surface area contributed by atoms with Crippen molar-refractivity contribution in [3.05, 3.63) is 24.3 Å². The molecule has 0 amide bonds. The van der Waals surface area contributed by atoms with Crippen molar-refractivity contribution in [2.75, 3.05) is 31.2 Å². The van der Waals surface area contributed by atoms with Crippen LogP contribution in [0, 0.1) is 0 Å². The molecule has 120 valence electrons. The lowest BCUT2D eigenvalue weighted by Gasteiger charge is -2.27. The van der Waals surface area contributed by atoms with Gasteiger partial charge in [0, 0.05) is 13.1 Å². The Bertz CT molecular complexity index is 552. The van der Waals surface area contributed by atoms with Crippen LogP contribution in [0.15, 0.2) is 24.3 Å². The third-order valence-electron chi connectivity index (χ3n) is 2.83. The molecule has 0 saturated heterocycles. The Morgan fingerprint density at radius 2 is 1.95 bits per heavy atom. The lowest BCUT2D eigenvalue weighted by molar-refractivity contribution is 0.0600. The van der Waals surface area contributed by atoms with E-state index in [-0.39, 0.29) is 18.9 Å². The number of nitrogens with two attached hydrogens (primary N) is 1. The van der Waals surface area contributed by atoms with Crippen LogP contribution in [0.5, 0.6) is 5.75 Å². The van der Waals surface area contributed by atoms with Gasteiger partial charge >= 0.3 is 0 Å². The maximum Gasteiger partial charge on any atom is 0.217 e. The quantitative estimate of drug-likeness (QED) is 0.700. The highest BCUT2D eigenvalue weighted by molar-refractivity contribution is 7.89. The van der Waals surface area contributed by atoms with E-state index in [0.717, 1.165) is 0 Å². The molecule has 6 nitrogen and oxygen atoms in total. The molecule has 0 unspecified atom stereocenters. The Labute approximate surface area is 126 Å². The molecule has 3 N–H and O–H groups in total. The lowest BCUT2D eigenvalue weighted by Crippen LogP contribution is -2.43. The molecule has 0 aromatic heterocycles. The Kier molecular flexibility index (Phi) is 6.00. The zero-order valence-electron chi connectivity index (χ0n) is 12.7.